The Morgan fingerprint density at radius 3 is 2.94 bits per heavy atom. The molecule has 16 heavy (non-hydrogen) atoms. The summed E-state index contributed by atoms with van der Waals surface area (Å²) in [4.78, 5) is 8.57. The summed E-state index contributed by atoms with van der Waals surface area (Å²) in [5.41, 5.74) is 0.892. The van der Waals surface area contributed by atoms with Crippen molar-refractivity contribution in [3.63, 3.8) is 0 Å². The van der Waals surface area contributed by atoms with Crippen LogP contribution in [0.4, 0.5) is 0 Å². The van der Waals surface area contributed by atoms with Crippen molar-refractivity contribution < 1.29 is 5.11 Å². The number of fused-ring (bicyclic) bond motifs is 1. The molecule has 1 N–H and O–H groups in total. The van der Waals surface area contributed by atoms with Crippen LogP contribution < -0.4 is 0 Å². The maximum Gasteiger partial charge on any atom is 0.157 e. The first-order valence-electron chi connectivity index (χ1n) is 5.71. The van der Waals surface area contributed by atoms with E-state index in [9.17, 15) is 5.11 Å². The third kappa shape index (κ3) is 2.36. The summed E-state index contributed by atoms with van der Waals surface area (Å²) in [5, 5.41) is 10.9. The molecule has 3 heteroatoms. The van der Waals surface area contributed by atoms with E-state index in [0.717, 1.165) is 30.2 Å². The van der Waals surface area contributed by atoms with Crippen molar-refractivity contribution >= 4 is 10.9 Å². The van der Waals surface area contributed by atoms with Crippen molar-refractivity contribution in [3.8, 4) is 0 Å². The van der Waals surface area contributed by atoms with E-state index in [4.69, 9.17) is 0 Å². The van der Waals surface area contributed by atoms with Crippen molar-refractivity contribution in [1.29, 1.82) is 0 Å². The second-order valence-corrected chi connectivity index (χ2v) is 3.95. The molecule has 84 valence electrons. The van der Waals surface area contributed by atoms with Gasteiger partial charge in [0, 0.05) is 11.6 Å². The highest BCUT2D eigenvalue weighted by Crippen LogP contribution is 2.17. The number of rotatable bonds is 4. The van der Waals surface area contributed by atoms with E-state index in [1.54, 1.807) is 6.20 Å². The van der Waals surface area contributed by atoms with Crippen LogP contribution >= 0.6 is 0 Å². The molecule has 3 nitrogen and oxygen atoms in total. The lowest BCUT2D eigenvalue weighted by atomic mass is 10.1. The predicted octanol–water partition coefficient (Wildman–Crippen LogP) is 2.85. The number of para-hydroxylation sites is 1. The molecule has 1 unspecified atom stereocenters. The number of aliphatic hydroxyl groups excluding tert-OH is 1. The van der Waals surface area contributed by atoms with Gasteiger partial charge in [0.05, 0.1) is 5.52 Å². The molecule has 1 heterocycles. The summed E-state index contributed by atoms with van der Waals surface area (Å²) in [6, 6.07) is 7.81. The molecule has 0 bridgehead atoms. The van der Waals surface area contributed by atoms with E-state index in [2.05, 4.69) is 16.9 Å². The van der Waals surface area contributed by atoms with Crippen molar-refractivity contribution in [2.45, 2.75) is 32.3 Å². The van der Waals surface area contributed by atoms with Crippen molar-refractivity contribution in [2.24, 2.45) is 0 Å². The zero-order chi connectivity index (χ0) is 11.4. The Balaban J connectivity index is 2.25. The van der Waals surface area contributed by atoms with Crippen LogP contribution in [0.3, 0.4) is 0 Å². The van der Waals surface area contributed by atoms with Crippen LogP contribution in [0, 0.1) is 0 Å². The molecular weight excluding hydrogens is 200 g/mol. The molecule has 0 aliphatic heterocycles. The second-order valence-electron chi connectivity index (χ2n) is 3.95. The zero-order valence-corrected chi connectivity index (χ0v) is 9.43. The number of hydrogen-bond donors (Lipinski definition) is 1. The van der Waals surface area contributed by atoms with Gasteiger partial charge in [0.2, 0.25) is 0 Å². The first kappa shape index (κ1) is 11.0. The van der Waals surface area contributed by atoms with Crippen molar-refractivity contribution in [3.05, 3.63) is 36.3 Å². The number of hydrogen-bond acceptors (Lipinski definition) is 3. The molecule has 0 radical (unpaired) electrons. The largest absolute Gasteiger partial charge is 0.385 e. The van der Waals surface area contributed by atoms with Gasteiger partial charge in [-0.15, -0.1) is 0 Å². The Morgan fingerprint density at radius 1 is 1.31 bits per heavy atom. The molecule has 2 rings (SSSR count). The Bertz CT molecular complexity index is 470. The lowest BCUT2D eigenvalue weighted by molar-refractivity contribution is 0.155. The van der Waals surface area contributed by atoms with Gasteiger partial charge in [-0.1, -0.05) is 38.0 Å². The molecule has 0 saturated heterocycles. The van der Waals surface area contributed by atoms with E-state index in [1.807, 2.05) is 24.3 Å². The standard InChI is InChI=1S/C13H16N2O/c1-2-3-8-12(16)13-14-9-10-6-4-5-7-11(10)15-13/h4-7,9,12,16H,2-3,8H2,1H3. The van der Waals surface area contributed by atoms with Crippen LogP contribution in [0.15, 0.2) is 30.5 Å². The molecule has 2 aromatic rings. The van der Waals surface area contributed by atoms with Crippen LogP contribution in [-0.2, 0) is 0 Å². The van der Waals surface area contributed by atoms with E-state index >= 15 is 0 Å². The fraction of sp³-hybridized carbons (Fsp3) is 0.385. The first-order valence-corrected chi connectivity index (χ1v) is 5.71. The van der Waals surface area contributed by atoms with Gasteiger partial charge in [-0.2, -0.15) is 0 Å². The maximum atomic E-state index is 9.89. The average molecular weight is 216 g/mol. The maximum absolute atomic E-state index is 9.89. The highest BCUT2D eigenvalue weighted by Gasteiger charge is 2.10. The predicted molar refractivity (Wildman–Crippen MR) is 64.0 cm³/mol. The van der Waals surface area contributed by atoms with Crippen LogP contribution in [-0.4, -0.2) is 15.1 Å². The molecule has 0 saturated carbocycles. The van der Waals surface area contributed by atoms with Gasteiger partial charge < -0.3 is 5.11 Å². The van der Waals surface area contributed by atoms with Crippen LogP contribution in [0.25, 0.3) is 10.9 Å². The number of benzene rings is 1. The highest BCUT2D eigenvalue weighted by molar-refractivity contribution is 5.77. The number of unbranched alkanes of at least 4 members (excludes halogenated alkanes) is 1. The van der Waals surface area contributed by atoms with Gasteiger partial charge in [-0.3, -0.25) is 0 Å². The van der Waals surface area contributed by atoms with Gasteiger partial charge in [0.15, 0.2) is 5.82 Å². The number of aliphatic hydroxyl groups is 1. The third-order valence-corrected chi connectivity index (χ3v) is 2.64. The summed E-state index contributed by atoms with van der Waals surface area (Å²) in [6.45, 7) is 2.11. The Hall–Kier alpha value is -1.48. The van der Waals surface area contributed by atoms with Crippen LogP contribution in [0.1, 0.15) is 38.1 Å². The monoisotopic (exact) mass is 216 g/mol. The molecular formula is C13H16N2O. The molecule has 0 amide bonds. The second kappa shape index (κ2) is 5.03. The third-order valence-electron chi connectivity index (χ3n) is 2.64. The summed E-state index contributed by atoms with van der Waals surface area (Å²) >= 11 is 0. The minimum absolute atomic E-state index is 0.534. The quantitative estimate of drug-likeness (QED) is 0.854. The average Bonchev–Trinajstić information content (AvgIpc) is 2.35. The zero-order valence-electron chi connectivity index (χ0n) is 9.43. The normalized spacial score (nSPS) is 12.9. The van der Waals surface area contributed by atoms with Crippen molar-refractivity contribution in [1.82, 2.24) is 9.97 Å². The summed E-state index contributed by atoms with van der Waals surface area (Å²) in [5.74, 6) is 0.534. The number of nitrogens with zero attached hydrogens (tertiary/aromatic N) is 2. The van der Waals surface area contributed by atoms with E-state index in [-0.39, 0.29) is 0 Å². The molecule has 0 fully saturated rings. The molecule has 0 spiro atoms. The van der Waals surface area contributed by atoms with E-state index < -0.39 is 6.10 Å². The van der Waals surface area contributed by atoms with Gasteiger partial charge >= 0.3 is 0 Å². The molecule has 0 aliphatic carbocycles. The van der Waals surface area contributed by atoms with E-state index in [1.165, 1.54) is 0 Å². The van der Waals surface area contributed by atoms with Gasteiger partial charge in [0.1, 0.15) is 6.10 Å². The minimum atomic E-state index is -0.537. The first-order chi connectivity index (χ1) is 7.81. The van der Waals surface area contributed by atoms with Crippen LogP contribution in [0.5, 0.6) is 0 Å². The Morgan fingerprint density at radius 2 is 2.12 bits per heavy atom. The van der Waals surface area contributed by atoms with Crippen LogP contribution in [0.2, 0.25) is 0 Å². The number of aromatic nitrogens is 2. The van der Waals surface area contributed by atoms with Gasteiger partial charge in [-0.05, 0) is 12.5 Å². The molecule has 1 aromatic heterocycles. The fourth-order valence-electron chi connectivity index (χ4n) is 1.67. The van der Waals surface area contributed by atoms with Crippen molar-refractivity contribution in [2.75, 3.05) is 0 Å². The lowest BCUT2D eigenvalue weighted by Crippen LogP contribution is -2.03. The van der Waals surface area contributed by atoms with Gasteiger partial charge in [-0.25, -0.2) is 9.97 Å². The topological polar surface area (TPSA) is 46.0 Å². The molecule has 0 aliphatic rings. The summed E-state index contributed by atoms with van der Waals surface area (Å²) in [7, 11) is 0. The SMILES string of the molecule is CCCCC(O)c1ncc2ccccc2n1. The molecule has 1 aromatic carbocycles. The lowest BCUT2D eigenvalue weighted by Gasteiger charge is -2.08. The smallest absolute Gasteiger partial charge is 0.157 e. The minimum Gasteiger partial charge on any atom is -0.385 e. The van der Waals surface area contributed by atoms with Gasteiger partial charge in [0.25, 0.3) is 0 Å². The fourth-order valence-corrected chi connectivity index (χ4v) is 1.67. The Labute approximate surface area is 95.2 Å². The van der Waals surface area contributed by atoms with E-state index in [0.29, 0.717) is 5.82 Å². The summed E-state index contributed by atoms with van der Waals surface area (Å²) < 4.78 is 0. The molecule has 1 atom stereocenters. The Kier molecular flexibility index (Phi) is 3.47. The highest BCUT2D eigenvalue weighted by atomic mass is 16.3. The summed E-state index contributed by atoms with van der Waals surface area (Å²) in [6.07, 6.45) is 4.04.